The summed E-state index contributed by atoms with van der Waals surface area (Å²) in [6.07, 6.45) is 6.16. The van der Waals surface area contributed by atoms with Crippen LogP contribution in [0.3, 0.4) is 0 Å². The first-order valence-electron chi connectivity index (χ1n) is 7.13. The molecule has 2 rings (SSSR count). The summed E-state index contributed by atoms with van der Waals surface area (Å²) in [6.45, 7) is 2.39. The molecule has 1 amide bonds. The summed E-state index contributed by atoms with van der Waals surface area (Å²) < 4.78 is 1.62. The topological polar surface area (TPSA) is 72.9 Å². The third kappa shape index (κ3) is 3.35. The number of nitrogens with two attached hydrogens (primary N) is 1. The number of carbonyl (C=O) groups is 1. The maximum absolute atomic E-state index is 12.3. The molecule has 1 fully saturated rings. The summed E-state index contributed by atoms with van der Waals surface area (Å²) >= 11 is 0. The Kier molecular flexibility index (Phi) is 4.58. The van der Waals surface area contributed by atoms with Crippen LogP contribution in [0.25, 0.3) is 0 Å². The van der Waals surface area contributed by atoms with E-state index >= 15 is 0 Å². The minimum absolute atomic E-state index is 0.0656. The molecule has 1 saturated carbocycles. The van der Waals surface area contributed by atoms with Gasteiger partial charge in [-0.3, -0.25) is 9.48 Å². The first kappa shape index (κ1) is 14.1. The lowest BCUT2D eigenvalue weighted by atomic mass is 9.84. The van der Waals surface area contributed by atoms with Crippen LogP contribution in [-0.2, 0) is 7.05 Å². The highest BCUT2D eigenvalue weighted by Gasteiger charge is 2.25. The van der Waals surface area contributed by atoms with Gasteiger partial charge in [0.25, 0.3) is 5.91 Å². The Bertz CT molecular complexity index is 435. The molecule has 0 spiro atoms. The summed E-state index contributed by atoms with van der Waals surface area (Å²) in [7, 11) is 1.79. The molecule has 5 nitrogen and oxygen atoms in total. The number of nitrogens with zero attached hydrogens (tertiary/aromatic N) is 2. The van der Waals surface area contributed by atoms with Crippen LogP contribution in [0.15, 0.2) is 6.07 Å². The van der Waals surface area contributed by atoms with E-state index in [4.69, 9.17) is 5.73 Å². The van der Waals surface area contributed by atoms with Crippen LogP contribution in [-0.4, -0.2) is 28.3 Å². The van der Waals surface area contributed by atoms with Gasteiger partial charge in [0.15, 0.2) is 0 Å². The third-order valence-corrected chi connectivity index (χ3v) is 4.02. The molecule has 106 valence electrons. The number of nitrogens with one attached hydrogen (secondary N) is 1. The van der Waals surface area contributed by atoms with Crippen molar-refractivity contribution in [2.75, 3.05) is 6.54 Å². The average Bonchev–Trinajstić information content (AvgIpc) is 2.76. The average molecular weight is 264 g/mol. The summed E-state index contributed by atoms with van der Waals surface area (Å²) in [5, 5.41) is 7.28. The second-order valence-electron chi connectivity index (χ2n) is 5.51. The second-order valence-corrected chi connectivity index (χ2v) is 5.51. The fourth-order valence-corrected chi connectivity index (χ4v) is 2.97. The van der Waals surface area contributed by atoms with E-state index in [1.165, 1.54) is 32.1 Å². The van der Waals surface area contributed by atoms with Crippen LogP contribution in [0, 0.1) is 12.8 Å². The number of aryl methyl sites for hydroxylation is 2. The number of hydrogen-bond acceptors (Lipinski definition) is 3. The number of hydrogen-bond donors (Lipinski definition) is 2. The van der Waals surface area contributed by atoms with Gasteiger partial charge in [0.05, 0.1) is 5.69 Å². The van der Waals surface area contributed by atoms with Crippen molar-refractivity contribution in [2.24, 2.45) is 18.7 Å². The molecular weight excluding hydrogens is 240 g/mol. The van der Waals surface area contributed by atoms with Gasteiger partial charge >= 0.3 is 0 Å². The smallest absolute Gasteiger partial charge is 0.269 e. The lowest BCUT2D eigenvalue weighted by molar-refractivity contribution is 0.0906. The van der Waals surface area contributed by atoms with Crippen LogP contribution in [0.2, 0.25) is 0 Å². The minimum Gasteiger partial charge on any atom is -0.346 e. The Morgan fingerprint density at radius 2 is 2.21 bits per heavy atom. The Labute approximate surface area is 114 Å². The van der Waals surface area contributed by atoms with Gasteiger partial charge < -0.3 is 11.1 Å². The van der Waals surface area contributed by atoms with Gasteiger partial charge in [-0.25, -0.2) is 0 Å². The molecule has 3 N–H and O–H groups in total. The van der Waals surface area contributed by atoms with Crippen molar-refractivity contribution in [3.05, 3.63) is 17.5 Å². The third-order valence-electron chi connectivity index (χ3n) is 4.02. The highest BCUT2D eigenvalue weighted by Crippen LogP contribution is 2.26. The van der Waals surface area contributed by atoms with Gasteiger partial charge in [0.1, 0.15) is 5.69 Å². The predicted molar refractivity (Wildman–Crippen MR) is 74.8 cm³/mol. The molecule has 5 heteroatoms. The van der Waals surface area contributed by atoms with Crippen molar-refractivity contribution in [2.45, 2.75) is 45.1 Å². The monoisotopic (exact) mass is 264 g/mol. The predicted octanol–water partition coefficient (Wildman–Crippen LogP) is 1.37. The van der Waals surface area contributed by atoms with Crippen molar-refractivity contribution < 1.29 is 4.79 Å². The quantitative estimate of drug-likeness (QED) is 0.862. The fraction of sp³-hybridized carbons (Fsp3) is 0.714. The van der Waals surface area contributed by atoms with Gasteiger partial charge in [-0.05, 0) is 31.7 Å². The van der Waals surface area contributed by atoms with Crippen LogP contribution in [0.4, 0.5) is 0 Å². The number of carbonyl (C=O) groups excluding carboxylic acids is 1. The molecule has 1 aromatic heterocycles. The summed E-state index contributed by atoms with van der Waals surface area (Å²) in [4.78, 5) is 12.3. The summed E-state index contributed by atoms with van der Waals surface area (Å²) in [6, 6.07) is 1.90. The van der Waals surface area contributed by atoms with Crippen LogP contribution in [0.5, 0.6) is 0 Å². The SMILES string of the molecule is Cc1cc(C(=O)NC(CN)C2CCCCC2)n(C)n1. The van der Waals surface area contributed by atoms with Crippen molar-refractivity contribution in [3.8, 4) is 0 Å². The van der Waals surface area contributed by atoms with E-state index in [0.717, 1.165) is 5.69 Å². The van der Waals surface area contributed by atoms with E-state index in [1.807, 2.05) is 13.0 Å². The number of rotatable bonds is 4. The first-order chi connectivity index (χ1) is 9.11. The van der Waals surface area contributed by atoms with Gasteiger partial charge in [-0.15, -0.1) is 0 Å². The minimum atomic E-state index is -0.0656. The molecule has 0 bridgehead atoms. The molecule has 1 atom stereocenters. The van der Waals surface area contributed by atoms with E-state index in [2.05, 4.69) is 10.4 Å². The second kappa shape index (κ2) is 6.19. The van der Waals surface area contributed by atoms with Crippen LogP contribution >= 0.6 is 0 Å². The van der Waals surface area contributed by atoms with Gasteiger partial charge in [0.2, 0.25) is 0 Å². The molecule has 1 aromatic rings. The van der Waals surface area contributed by atoms with E-state index in [9.17, 15) is 4.79 Å². The normalized spacial score (nSPS) is 18.3. The van der Waals surface area contributed by atoms with Crippen LogP contribution in [0.1, 0.15) is 48.3 Å². The standard InChI is InChI=1S/C14H24N4O/c1-10-8-13(18(2)17-10)14(19)16-12(9-15)11-6-4-3-5-7-11/h8,11-12H,3-7,9,15H2,1-2H3,(H,16,19). The van der Waals surface area contributed by atoms with Gasteiger partial charge in [0, 0.05) is 19.6 Å². The Hall–Kier alpha value is -1.36. The number of aromatic nitrogens is 2. The largest absolute Gasteiger partial charge is 0.346 e. The zero-order valence-electron chi connectivity index (χ0n) is 11.9. The lowest BCUT2D eigenvalue weighted by Gasteiger charge is -2.30. The van der Waals surface area contributed by atoms with E-state index < -0.39 is 0 Å². The fourth-order valence-electron chi connectivity index (χ4n) is 2.97. The summed E-state index contributed by atoms with van der Waals surface area (Å²) in [5.41, 5.74) is 7.30. The maximum Gasteiger partial charge on any atom is 0.269 e. The lowest BCUT2D eigenvalue weighted by Crippen LogP contribution is -2.46. The van der Waals surface area contributed by atoms with Crippen molar-refractivity contribution >= 4 is 5.91 Å². The molecule has 0 radical (unpaired) electrons. The Morgan fingerprint density at radius 1 is 1.53 bits per heavy atom. The molecule has 0 aromatic carbocycles. The van der Waals surface area contributed by atoms with Gasteiger partial charge in [-0.2, -0.15) is 5.10 Å². The van der Waals surface area contributed by atoms with E-state index in [1.54, 1.807) is 11.7 Å². The molecule has 0 saturated heterocycles. The molecule has 0 aliphatic heterocycles. The Balaban J connectivity index is 2.01. The van der Waals surface area contributed by atoms with Crippen molar-refractivity contribution in [3.63, 3.8) is 0 Å². The highest BCUT2D eigenvalue weighted by molar-refractivity contribution is 5.92. The molecule has 1 aliphatic carbocycles. The molecule has 19 heavy (non-hydrogen) atoms. The van der Waals surface area contributed by atoms with E-state index in [0.29, 0.717) is 18.2 Å². The van der Waals surface area contributed by atoms with Crippen LogP contribution < -0.4 is 11.1 Å². The van der Waals surface area contributed by atoms with Crippen molar-refractivity contribution in [1.29, 1.82) is 0 Å². The van der Waals surface area contributed by atoms with Crippen molar-refractivity contribution in [1.82, 2.24) is 15.1 Å². The zero-order valence-corrected chi connectivity index (χ0v) is 11.9. The Morgan fingerprint density at radius 3 is 2.74 bits per heavy atom. The van der Waals surface area contributed by atoms with E-state index in [-0.39, 0.29) is 11.9 Å². The highest BCUT2D eigenvalue weighted by atomic mass is 16.2. The molecule has 1 unspecified atom stereocenters. The maximum atomic E-state index is 12.3. The molecule has 1 heterocycles. The van der Waals surface area contributed by atoms with Gasteiger partial charge in [-0.1, -0.05) is 19.3 Å². The number of amides is 1. The zero-order chi connectivity index (χ0) is 13.8. The first-order valence-corrected chi connectivity index (χ1v) is 7.13. The molecule has 1 aliphatic rings. The molecular formula is C14H24N4O. The summed E-state index contributed by atoms with van der Waals surface area (Å²) in [5.74, 6) is 0.459.